The molecule has 0 bridgehead atoms. The zero-order valence-electron chi connectivity index (χ0n) is 12.2. The van der Waals surface area contributed by atoms with Gasteiger partial charge in [0, 0.05) is 22.8 Å². The average Bonchev–Trinajstić information content (AvgIpc) is 2.94. The summed E-state index contributed by atoms with van der Waals surface area (Å²) in [5, 5.41) is 11.3. The Kier molecular flexibility index (Phi) is 6.95. The van der Waals surface area contributed by atoms with Gasteiger partial charge in [-0.2, -0.15) is 0 Å². The van der Waals surface area contributed by atoms with Gasteiger partial charge in [-0.15, -0.1) is 28.5 Å². The molecule has 0 atom stereocenters. The number of hydrogen-bond acceptors (Lipinski definition) is 6. The number of hydrogen-bond donors (Lipinski definition) is 1. The number of thioether (sulfide) groups is 2. The van der Waals surface area contributed by atoms with E-state index in [1.165, 1.54) is 21.8 Å². The van der Waals surface area contributed by atoms with E-state index in [4.69, 9.17) is 0 Å². The lowest BCUT2D eigenvalue weighted by Crippen LogP contribution is -2.11. The van der Waals surface area contributed by atoms with Crippen molar-refractivity contribution in [2.24, 2.45) is 0 Å². The van der Waals surface area contributed by atoms with E-state index < -0.39 is 0 Å². The standard InChI is InChI=1S/C15H17N3OS3/c1-3-9-21-15-18-17-14(22-15)16-13(19)8-10-20-12-6-4-11(2)5-7-12/h3-7H,1,8-10H2,2H3,(H,16,17,19). The van der Waals surface area contributed by atoms with Crippen LogP contribution < -0.4 is 5.32 Å². The molecule has 1 aromatic carbocycles. The van der Waals surface area contributed by atoms with Crippen molar-refractivity contribution in [3.8, 4) is 0 Å². The topological polar surface area (TPSA) is 54.9 Å². The highest BCUT2D eigenvalue weighted by molar-refractivity contribution is 8.01. The average molecular weight is 352 g/mol. The number of benzene rings is 1. The Balaban J connectivity index is 1.72. The summed E-state index contributed by atoms with van der Waals surface area (Å²) in [6.45, 7) is 5.72. The molecule has 116 valence electrons. The lowest BCUT2D eigenvalue weighted by Gasteiger charge is -2.02. The van der Waals surface area contributed by atoms with E-state index in [1.54, 1.807) is 23.5 Å². The van der Waals surface area contributed by atoms with Gasteiger partial charge in [0.05, 0.1) is 0 Å². The Morgan fingerprint density at radius 2 is 2.09 bits per heavy atom. The summed E-state index contributed by atoms with van der Waals surface area (Å²) in [5.74, 6) is 1.50. The van der Waals surface area contributed by atoms with Crippen molar-refractivity contribution in [3.63, 3.8) is 0 Å². The lowest BCUT2D eigenvalue weighted by molar-refractivity contribution is -0.115. The number of anilines is 1. The third-order valence-corrected chi connectivity index (χ3v) is 5.58. The maximum Gasteiger partial charge on any atom is 0.227 e. The maximum absolute atomic E-state index is 11.9. The van der Waals surface area contributed by atoms with Crippen molar-refractivity contribution in [2.45, 2.75) is 22.6 Å². The first-order valence-electron chi connectivity index (χ1n) is 6.74. The molecule has 0 unspecified atom stereocenters. The zero-order chi connectivity index (χ0) is 15.8. The number of aromatic nitrogens is 2. The number of nitrogens with zero attached hydrogens (tertiary/aromatic N) is 2. The molecule has 0 saturated heterocycles. The lowest BCUT2D eigenvalue weighted by atomic mass is 10.2. The molecule has 1 amide bonds. The van der Waals surface area contributed by atoms with Gasteiger partial charge in [0.1, 0.15) is 0 Å². The fraction of sp³-hybridized carbons (Fsp3) is 0.267. The Hall–Kier alpha value is -1.31. The van der Waals surface area contributed by atoms with Crippen molar-refractivity contribution >= 4 is 45.9 Å². The van der Waals surface area contributed by atoms with Crippen molar-refractivity contribution < 1.29 is 4.79 Å². The molecule has 0 fully saturated rings. The second-order valence-electron chi connectivity index (χ2n) is 4.43. The molecular weight excluding hydrogens is 334 g/mol. The second kappa shape index (κ2) is 8.97. The number of amides is 1. The molecule has 0 saturated carbocycles. The van der Waals surface area contributed by atoms with Crippen LogP contribution in [-0.2, 0) is 4.79 Å². The SMILES string of the molecule is C=CCSc1nnc(NC(=O)CCSc2ccc(C)cc2)s1. The summed E-state index contributed by atoms with van der Waals surface area (Å²) in [7, 11) is 0. The normalized spacial score (nSPS) is 10.4. The predicted octanol–water partition coefficient (Wildman–Crippen LogP) is 4.25. The van der Waals surface area contributed by atoms with Crippen LogP contribution >= 0.6 is 34.9 Å². The smallest absolute Gasteiger partial charge is 0.227 e. The number of carbonyl (C=O) groups excluding carboxylic acids is 1. The zero-order valence-corrected chi connectivity index (χ0v) is 14.7. The third kappa shape index (κ3) is 5.82. The molecule has 1 aromatic heterocycles. The van der Waals surface area contributed by atoms with Crippen LogP contribution in [0.15, 0.2) is 46.2 Å². The number of rotatable bonds is 8. The van der Waals surface area contributed by atoms with Crippen LogP contribution in [0.4, 0.5) is 5.13 Å². The first-order valence-corrected chi connectivity index (χ1v) is 9.52. The summed E-state index contributed by atoms with van der Waals surface area (Å²) in [6, 6.07) is 8.30. The van der Waals surface area contributed by atoms with Gasteiger partial charge in [-0.1, -0.05) is 46.9 Å². The third-order valence-electron chi connectivity index (χ3n) is 2.60. The highest BCUT2D eigenvalue weighted by atomic mass is 32.2. The predicted molar refractivity (Wildman–Crippen MR) is 96.0 cm³/mol. The molecule has 22 heavy (non-hydrogen) atoms. The van der Waals surface area contributed by atoms with Crippen molar-refractivity contribution in [1.29, 1.82) is 0 Å². The van der Waals surface area contributed by atoms with E-state index in [1.807, 2.05) is 6.08 Å². The Morgan fingerprint density at radius 1 is 1.32 bits per heavy atom. The maximum atomic E-state index is 11.9. The van der Waals surface area contributed by atoms with Gasteiger partial charge in [-0.05, 0) is 19.1 Å². The van der Waals surface area contributed by atoms with Gasteiger partial charge in [-0.25, -0.2) is 0 Å². The molecule has 7 heteroatoms. The summed E-state index contributed by atoms with van der Waals surface area (Å²) >= 11 is 4.62. The Bertz CT molecular complexity index is 625. The fourth-order valence-electron chi connectivity index (χ4n) is 1.53. The number of carbonyl (C=O) groups is 1. The number of aryl methyl sites for hydroxylation is 1. The van der Waals surface area contributed by atoms with Crippen LogP contribution in [0.25, 0.3) is 0 Å². The molecule has 4 nitrogen and oxygen atoms in total. The van der Waals surface area contributed by atoms with Crippen molar-refractivity contribution in [2.75, 3.05) is 16.8 Å². The number of nitrogens with one attached hydrogen (secondary N) is 1. The first kappa shape index (κ1) is 17.1. The molecule has 1 heterocycles. The van der Waals surface area contributed by atoms with Gasteiger partial charge in [0.25, 0.3) is 0 Å². The van der Waals surface area contributed by atoms with Crippen LogP contribution in [0.2, 0.25) is 0 Å². The molecule has 1 N–H and O–H groups in total. The monoisotopic (exact) mass is 351 g/mol. The Morgan fingerprint density at radius 3 is 2.82 bits per heavy atom. The minimum Gasteiger partial charge on any atom is -0.300 e. The van der Waals surface area contributed by atoms with E-state index in [0.717, 1.165) is 15.8 Å². The van der Waals surface area contributed by atoms with Crippen LogP contribution in [0, 0.1) is 6.92 Å². The van der Waals surface area contributed by atoms with E-state index in [9.17, 15) is 4.79 Å². The van der Waals surface area contributed by atoms with E-state index in [0.29, 0.717) is 11.6 Å². The summed E-state index contributed by atoms with van der Waals surface area (Å²) in [6.07, 6.45) is 2.26. The van der Waals surface area contributed by atoms with E-state index >= 15 is 0 Å². The minimum atomic E-state index is -0.0315. The largest absolute Gasteiger partial charge is 0.300 e. The summed E-state index contributed by atoms with van der Waals surface area (Å²) in [5.41, 5.74) is 1.24. The first-order chi connectivity index (χ1) is 10.7. The quantitative estimate of drug-likeness (QED) is 0.438. The highest BCUT2D eigenvalue weighted by Gasteiger charge is 2.08. The van der Waals surface area contributed by atoms with Crippen LogP contribution in [0.1, 0.15) is 12.0 Å². The molecule has 0 aliphatic rings. The molecule has 0 radical (unpaired) electrons. The van der Waals surface area contributed by atoms with Gasteiger partial charge in [0.2, 0.25) is 11.0 Å². The molecule has 2 aromatic rings. The minimum absolute atomic E-state index is 0.0315. The molecular formula is C15H17N3OS3. The van der Waals surface area contributed by atoms with Gasteiger partial charge < -0.3 is 5.32 Å². The molecule has 2 rings (SSSR count). The summed E-state index contributed by atoms with van der Waals surface area (Å²) in [4.78, 5) is 13.0. The van der Waals surface area contributed by atoms with Crippen LogP contribution in [0.3, 0.4) is 0 Å². The van der Waals surface area contributed by atoms with Crippen LogP contribution in [-0.4, -0.2) is 27.6 Å². The highest BCUT2D eigenvalue weighted by Crippen LogP contribution is 2.25. The van der Waals surface area contributed by atoms with Gasteiger partial charge in [0.15, 0.2) is 4.34 Å². The van der Waals surface area contributed by atoms with Crippen molar-refractivity contribution in [1.82, 2.24) is 10.2 Å². The van der Waals surface area contributed by atoms with E-state index in [-0.39, 0.29) is 5.91 Å². The second-order valence-corrected chi connectivity index (χ2v) is 7.85. The summed E-state index contributed by atoms with van der Waals surface area (Å²) < 4.78 is 0.837. The van der Waals surface area contributed by atoms with Crippen molar-refractivity contribution in [3.05, 3.63) is 42.5 Å². The Labute approximate surface area is 142 Å². The van der Waals surface area contributed by atoms with Gasteiger partial charge in [-0.3, -0.25) is 4.79 Å². The fourth-order valence-corrected chi connectivity index (χ4v) is 3.91. The van der Waals surface area contributed by atoms with E-state index in [2.05, 4.69) is 53.3 Å². The molecule has 0 spiro atoms. The molecule has 0 aliphatic heterocycles. The molecule has 0 aliphatic carbocycles. The van der Waals surface area contributed by atoms with Crippen LogP contribution in [0.5, 0.6) is 0 Å². The van der Waals surface area contributed by atoms with Gasteiger partial charge >= 0.3 is 0 Å².